The molecule has 0 aliphatic rings. The van der Waals surface area contributed by atoms with Crippen molar-refractivity contribution in [1.29, 1.82) is 0 Å². The van der Waals surface area contributed by atoms with Crippen LogP contribution in [0.25, 0.3) is 0 Å². The van der Waals surface area contributed by atoms with Gasteiger partial charge in [-0.15, -0.1) is 6.58 Å². The van der Waals surface area contributed by atoms with Gasteiger partial charge < -0.3 is 19.9 Å². The summed E-state index contributed by atoms with van der Waals surface area (Å²) in [5, 5.41) is 13.1. The van der Waals surface area contributed by atoms with Crippen LogP contribution in [-0.4, -0.2) is 34.5 Å². The van der Waals surface area contributed by atoms with E-state index in [1.165, 1.54) is 0 Å². The molecule has 26 heavy (non-hydrogen) atoms. The van der Waals surface area contributed by atoms with E-state index in [0.29, 0.717) is 12.8 Å². The smallest absolute Gasteiger partial charge is 0.407 e. The first-order valence-electron chi connectivity index (χ1n) is 8.96. The summed E-state index contributed by atoms with van der Waals surface area (Å²) in [6.45, 7) is 15.0. The van der Waals surface area contributed by atoms with Gasteiger partial charge in [-0.1, -0.05) is 18.2 Å². The highest BCUT2D eigenvalue weighted by molar-refractivity contribution is 5.68. The molecular formula is C21H33NO4. The van der Waals surface area contributed by atoms with Gasteiger partial charge in [0.05, 0.1) is 12.1 Å². The normalized spacial score (nSPS) is 14.3. The molecule has 0 saturated carbocycles. The number of amides is 1. The molecule has 1 amide bonds. The summed E-state index contributed by atoms with van der Waals surface area (Å²) in [6.07, 6.45) is 1.20. The average Bonchev–Trinajstić information content (AvgIpc) is 2.45. The number of carbonyl (C=O) groups is 1. The quantitative estimate of drug-likeness (QED) is 0.711. The minimum absolute atomic E-state index is 0.261. The summed E-state index contributed by atoms with van der Waals surface area (Å²) in [7, 11) is 0. The molecule has 0 aliphatic carbocycles. The van der Waals surface area contributed by atoms with Gasteiger partial charge >= 0.3 is 6.09 Å². The van der Waals surface area contributed by atoms with Crippen molar-refractivity contribution in [3.63, 3.8) is 0 Å². The molecule has 5 heteroatoms. The highest BCUT2D eigenvalue weighted by Crippen LogP contribution is 2.20. The number of nitrogens with one attached hydrogen (secondary N) is 1. The van der Waals surface area contributed by atoms with Crippen molar-refractivity contribution in [1.82, 2.24) is 5.32 Å². The molecule has 0 bridgehead atoms. The number of hydrogen-bond acceptors (Lipinski definition) is 4. The number of hydrogen-bond donors (Lipinski definition) is 2. The standard InChI is InChI=1S/C21H33NO4/c1-8-9-18(23)17(22-19(24)26-21(5,6)7)14-15-10-12-16(13-11-15)25-20(2,3)4/h8,10-13,17-18,23H,1,9,14H2,2-7H3,(H,22,24). The van der Waals surface area contributed by atoms with Crippen LogP contribution in [0.5, 0.6) is 5.75 Å². The molecule has 2 unspecified atom stereocenters. The maximum atomic E-state index is 12.1. The lowest BCUT2D eigenvalue weighted by Gasteiger charge is -2.26. The van der Waals surface area contributed by atoms with Crippen molar-refractivity contribution in [3.05, 3.63) is 42.5 Å². The summed E-state index contributed by atoms with van der Waals surface area (Å²) >= 11 is 0. The average molecular weight is 363 g/mol. The van der Waals surface area contributed by atoms with Gasteiger partial charge in [0.1, 0.15) is 17.0 Å². The molecule has 1 rings (SSSR count). The van der Waals surface area contributed by atoms with Crippen LogP contribution in [0, 0.1) is 0 Å². The number of carbonyl (C=O) groups excluding carboxylic acids is 1. The molecule has 0 fully saturated rings. The Kier molecular flexibility index (Phi) is 7.69. The van der Waals surface area contributed by atoms with E-state index in [1.54, 1.807) is 26.8 Å². The third-order valence-electron chi connectivity index (χ3n) is 3.38. The molecule has 0 saturated heterocycles. The fourth-order valence-electron chi connectivity index (χ4n) is 2.38. The first-order chi connectivity index (χ1) is 11.9. The number of aliphatic hydroxyl groups is 1. The zero-order valence-electron chi connectivity index (χ0n) is 16.8. The van der Waals surface area contributed by atoms with E-state index < -0.39 is 23.8 Å². The molecule has 1 aromatic carbocycles. The van der Waals surface area contributed by atoms with Gasteiger partial charge in [-0.3, -0.25) is 0 Å². The van der Waals surface area contributed by atoms with Gasteiger partial charge in [0.2, 0.25) is 0 Å². The lowest BCUT2D eigenvalue weighted by molar-refractivity contribution is 0.0425. The highest BCUT2D eigenvalue weighted by Gasteiger charge is 2.24. The molecule has 0 aliphatic heterocycles. The van der Waals surface area contributed by atoms with E-state index in [-0.39, 0.29) is 5.60 Å². The SMILES string of the molecule is C=CCC(O)C(Cc1ccc(OC(C)(C)C)cc1)NC(=O)OC(C)(C)C. The summed E-state index contributed by atoms with van der Waals surface area (Å²) in [5.74, 6) is 0.782. The third-order valence-corrected chi connectivity index (χ3v) is 3.38. The number of benzene rings is 1. The predicted molar refractivity (Wildman–Crippen MR) is 105 cm³/mol. The predicted octanol–water partition coefficient (Wildman–Crippen LogP) is 4.24. The van der Waals surface area contributed by atoms with Gasteiger partial charge in [-0.25, -0.2) is 4.79 Å². The van der Waals surface area contributed by atoms with Crippen molar-refractivity contribution >= 4 is 6.09 Å². The van der Waals surface area contributed by atoms with Crippen molar-refractivity contribution < 1.29 is 19.4 Å². The van der Waals surface area contributed by atoms with E-state index in [9.17, 15) is 9.90 Å². The summed E-state index contributed by atoms with van der Waals surface area (Å²) in [6, 6.07) is 7.18. The third kappa shape index (κ3) is 8.90. The van der Waals surface area contributed by atoms with Crippen molar-refractivity contribution in [3.8, 4) is 5.75 Å². The highest BCUT2D eigenvalue weighted by atomic mass is 16.6. The molecule has 0 spiro atoms. The zero-order valence-corrected chi connectivity index (χ0v) is 16.8. The Labute approximate surface area is 157 Å². The van der Waals surface area contributed by atoms with Crippen LogP contribution in [0.1, 0.15) is 53.5 Å². The minimum atomic E-state index is -0.745. The fourth-order valence-corrected chi connectivity index (χ4v) is 2.38. The first kappa shape index (κ1) is 22.0. The molecule has 1 aromatic rings. The van der Waals surface area contributed by atoms with Crippen LogP contribution >= 0.6 is 0 Å². The van der Waals surface area contributed by atoms with Crippen LogP contribution in [0.3, 0.4) is 0 Å². The molecule has 0 heterocycles. The Balaban J connectivity index is 2.82. The van der Waals surface area contributed by atoms with E-state index in [0.717, 1.165) is 11.3 Å². The molecule has 146 valence electrons. The van der Waals surface area contributed by atoms with Crippen molar-refractivity contribution in [2.45, 2.75) is 77.7 Å². The minimum Gasteiger partial charge on any atom is -0.488 e. The van der Waals surface area contributed by atoms with Crippen LogP contribution < -0.4 is 10.1 Å². The summed E-state index contributed by atoms with van der Waals surface area (Å²) in [4.78, 5) is 12.1. The van der Waals surface area contributed by atoms with E-state index >= 15 is 0 Å². The Hall–Kier alpha value is -2.01. The maximum absolute atomic E-state index is 12.1. The molecule has 2 atom stereocenters. The van der Waals surface area contributed by atoms with Crippen molar-refractivity contribution in [2.75, 3.05) is 0 Å². The lowest BCUT2D eigenvalue weighted by atomic mass is 9.99. The summed E-state index contributed by atoms with van der Waals surface area (Å²) < 4.78 is 11.1. The van der Waals surface area contributed by atoms with E-state index in [1.807, 2.05) is 45.0 Å². The van der Waals surface area contributed by atoms with Crippen molar-refractivity contribution in [2.24, 2.45) is 0 Å². The Morgan fingerprint density at radius 3 is 2.19 bits per heavy atom. The Bertz CT molecular complexity index is 582. The number of rotatable bonds is 7. The van der Waals surface area contributed by atoms with Crippen LogP contribution in [0.4, 0.5) is 4.79 Å². The first-order valence-corrected chi connectivity index (χ1v) is 8.96. The molecule has 0 radical (unpaired) electrons. The van der Waals surface area contributed by atoms with Gasteiger partial charge in [0.25, 0.3) is 0 Å². The maximum Gasteiger partial charge on any atom is 0.407 e. The monoisotopic (exact) mass is 363 g/mol. The topological polar surface area (TPSA) is 67.8 Å². The number of ether oxygens (including phenoxy) is 2. The Morgan fingerprint density at radius 2 is 1.73 bits per heavy atom. The molecular weight excluding hydrogens is 330 g/mol. The second-order valence-corrected chi connectivity index (χ2v) is 8.41. The van der Waals surface area contributed by atoms with Gasteiger partial charge in [-0.2, -0.15) is 0 Å². The second kappa shape index (κ2) is 9.08. The molecule has 2 N–H and O–H groups in total. The van der Waals surface area contributed by atoms with E-state index in [4.69, 9.17) is 9.47 Å². The Morgan fingerprint density at radius 1 is 1.15 bits per heavy atom. The van der Waals surface area contributed by atoms with Crippen LogP contribution in [0.15, 0.2) is 36.9 Å². The second-order valence-electron chi connectivity index (χ2n) is 8.41. The van der Waals surface area contributed by atoms with E-state index in [2.05, 4.69) is 11.9 Å². The molecule has 5 nitrogen and oxygen atoms in total. The molecule has 0 aromatic heterocycles. The van der Waals surface area contributed by atoms with Gasteiger partial charge in [0, 0.05) is 0 Å². The number of aliphatic hydroxyl groups excluding tert-OH is 1. The van der Waals surface area contributed by atoms with Gasteiger partial charge in [-0.05, 0) is 72.1 Å². The zero-order chi connectivity index (χ0) is 20.0. The fraction of sp³-hybridized carbons (Fsp3) is 0.571. The van der Waals surface area contributed by atoms with Crippen LogP contribution in [0.2, 0.25) is 0 Å². The summed E-state index contributed by atoms with van der Waals surface area (Å²) in [5.41, 5.74) is 0.127. The largest absolute Gasteiger partial charge is 0.488 e. The number of alkyl carbamates (subject to hydrolysis) is 1. The lowest BCUT2D eigenvalue weighted by Crippen LogP contribution is -2.46. The van der Waals surface area contributed by atoms with Gasteiger partial charge in [0.15, 0.2) is 0 Å². The van der Waals surface area contributed by atoms with Crippen LogP contribution in [-0.2, 0) is 11.2 Å².